The average Bonchev–Trinajstić information content (AvgIpc) is 2.38. The van der Waals surface area contributed by atoms with Crippen LogP contribution in [0.15, 0.2) is 24.3 Å². The van der Waals surface area contributed by atoms with Crippen LogP contribution in [0.25, 0.3) is 0 Å². The summed E-state index contributed by atoms with van der Waals surface area (Å²) in [7, 11) is 0. The van der Waals surface area contributed by atoms with E-state index in [1.807, 2.05) is 0 Å². The molecule has 0 saturated heterocycles. The molecule has 0 aliphatic rings. The van der Waals surface area contributed by atoms with Gasteiger partial charge in [-0.05, 0) is 37.4 Å². The van der Waals surface area contributed by atoms with Crippen LogP contribution in [0.3, 0.4) is 0 Å². The van der Waals surface area contributed by atoms with Crippen molar-refractivity contribution >= 4 is 0 Å². The van der Waals surface area contributed by atoms with Gasteiger partial charge in [0.15, 0.2) is 0 Å². The van der Waals surface area contributed by atoms with Crippen molar-refractivity contribution < 1.29 is 4.74 Å². The van der Waals surface area contributed by atoms with Crippen molar-refractivity contribution in [1.82, 2.24) is 5.32 Å². The van der Waals surface area contributed by atoms with Crippen molar-refractivity contribution in [3.63, 3.8) is 0 Å². The van der Waals surface area contributed by atoms with Gasteiger partial charge >= 0.3 is 0 Å². The van der Waals surface area contributed by atoms with Gasteiger partial charge in [0.1, 0.15) is 0 Å². The standard InChI is InChI=1S/C16H27NO/c1-4-6-14(3)18-13-16-9-7-15(8-10-16)12-17-11-5-2/h7-10,14,17H,4-6,11-13H2,1-3H3. The molecule has 0 amide bonds. The molecule has 0 heterocycles. The van der Waals surface area contributed by atoms with E-state index in [1.165, 1.54) is 24.0 Å². The number of rotatable bonds is 9. The van der Waals surface area contributed by atoms with Crippen LogP contribution in [0, 0.1) is 0 Å². The molecule has 1 unspecified atom stereocenters. The van der Waals surface area contributed by atoms with E-state index in [0.717, 1.165) is 26.1 Å². The molecule has 1 rings (SSSR count). The fraction of sp³-hybridized carbons (Fsp3) is 0.625. The Morgan fingerprint density at radius 2 is 1.72 bits per heavy atom. The average molecular weight is 249 g/mol. The van der Waals surface area contributed by atoms with Crippen molar-refractivity contribution in [1.29, 1.82) is 0 Å². The smallest absolute Gasteiger partial charge is 0.0720 e. The lowest BCUT2D eigenvalue weighted by atomic mass is 10.1. The van der Waals surface area contributed by atoms with E-state index in [1.54, 1.807) is 0 Å². The molecule has 1 aromatic carbocycles. The number of nitrogens with one attached hydrogen (secondary N) is 1. The number of hydrogen-bond acceptors (Lipinski definition) is 2. The molecule has 0 aromatic heterocycles. The molecular weight excluding hydrogens is 222 g/mol. The normalized spacial score (nSPS) is 12.6. The summed E-state index contributed by atoms with van der Waals surface area (Å²) in [6, 6.07) is 8.71. The maximum Gasteiger partial charge on any atom is 0.0720 e. The third-order valence-corrected chi connectivity index (χ3v) is 3.01. The minimum atomic E-state index is 0.362. The van der Waals surface area contributed by atoms with Crippen LogP contribution in [-0.4, -0.2) is 12.6 Å². The molecule has 0 radical (unpaired) electrons. The first kappa shape index (κ1) is 15.2. The highest BCUT2D eigenvalue weighted by atomic mass is 16.5. The van der Waals surface area contributed by atoms with Gasteiger partial charge in [0.2, 0.25) is 0 Å². The third kappa shape index (κ3) is 6.18. The molecule has 102 valence electrons. The minimum absolute atomic E-state index is 0.362. The predicted octanol–water partition coefficient (Wildman–Crippen LogP) is 3.89. The lowest BCUT2D eigenvalue weighted by Crippen LogP contribution is -2.13. The van der Waals surface area contributed by atoms with E-state index in [0.29, 0.717) is 6.10 Å². The first-order chi connectivity index (χ1) is 8.76. The third-order valence-electron chi connectivity index (χ3n) is 3.01. The molecule has 0 aliphatic heterocycles. The highest BCUT2D eigenvalue weighted by molar-refractivity contribution is 5.21. The largest absolute Gasteiger partial charge is 0.374 e. The van der Waals surface area contributed by atoms with E-state index in [4.69, 9.17) is 4.74 Å². The molecule has 0 aliphatic carbocycles. The summed E-state index contributed by atoms with van der Waals surface area (Å²) in [6.07, 6.45) is 3.87. The zero-order chi connectivity index (χ0) is 13.2. The Morgan fingerprint density at radius 1 is 1.06 bits per heavy atom. The number of ether oxygens (including phenoxy) is 1. The molecule has 0 spiro atoms. The molecule has 0 bridgehead atoms. The fourth-order valence-corrected chi connectivity index (χ4v) is 1.89. The topological polar surface area (TPSA) is 21.3 Å². The maximum absolute atomic E-state index is 5.79. The predicted molar refractivity (Wildman–Crippen MR) is 77.6 cm³/mol. The van der Waals surface area contributed by atoms with Gasteiger partial charge < -0.3 is 10.1 Å². The van der Waals surface area contributed by atoms with Gasteiger partial charge in [-0.1, -0.05) is 44.5 Å². The second kappa shape index (κ2) is 9.12. The molecular formula is C16H27NO. The molecule has 0 fully saturated rings. The molecule has 1 N–H and O–H groups in total. The molecule has 2 nitrogen and oxygen atoms in total. The lowest BCUT2D eigenvalue weighted by Gasteiger charge is -2.12. The van der Waals surface area contributed by atoms with Gasteiger partial charge in [0, 0.05) is 6.54 Å². The van der Waals surface area contributed by atoms with Crippen molar-refractivity contribution in [2.45, 2.75) is 59.3 Å². The summed E-state index contributed by atoms with van der Waals surface area (Å²) in [4.78, 5) is 0. The highest BCUT2D eigenvalue weighted by Gasteiger charge is 2.01. The Labute approximate surface area is 112 Å². The first-order valence-electron chi connectivity index (χ1n) is 7.16. The SMILES string of the molecule is CCCNCc1ccc(COC(C)CCC)cc1. The monoisotopic (exact) mass is 249 g/mol. The van der Waals surface area contributed by atoms with Crippen LogP contribution >= 0.6 is 0 Å². The van der Waals surface area contributed by atoms with Crippen LogP contribution < -0.4 is 5.32 Å². The van der Waals surface area contributed by atoms with Gasteiger partial charge in [-0.25, -0.2) is 0 Å². The number of hydrogen-bond donors (Lipinski definition) is 1. The molecule has 1 atom stereocenters. The van der Waals surface area contributed by atoms with Crippen LogP contribution in [0.5, 0.6) is 0 Å². The molecule has 18 heavy (non-hydrogen) atoms. The number of benzene rings is 1. The van der Waals surface area contributed by atoms with Gasteiger partial charge in [-0.15, -0.1) is 0 Å². The summed E-state index contributed by atoms with van der Waals surface area (Å²) in [5.74, 6) is 0. The van der Waals surface area contributed by atoms with Crippen LogP contribution in [0.2, 0.25) is 0 Å². The van der Waals surface area contributed by atoms with Crippen LogP contribution in [0.1, 0.15) is 51.2 Å². The van der Waals surface area contributed by atoms with Crippen molar-refractivity contribution in [2.24, 2.45) is 0 Å². The van der Waals surface area contributed by atoms with Gasteiger partial charge in [-0.2, -0.15) is 0 Å². The van der Waals surface area contributed by atoms with E-state index in [-0.39, 0.29) is 0 Å². The van der Waals surface area contributed by atoms with E-state index < -0.39 is 0 Å². The summed E-state index contributed by atoms with van der Waals surface area (Å²) >= 11 is 0. The Bertz CT molecular complexity index is 307. The summed E-state index contributed by atoms with van der Waals surface area (Å²) < 4.78 is 5.79. The van der Waals surface area contributed by atoms with Crippen molar-refractivity contribution in [3.8, 4) is 0 Å². The molecule has 0 saturated carbocycles. The van der Waals surface area contributed by atoms with Gasteiger partial charge in [0.25, 0.3) is 0 Å². The van der Waals surface area contributed by atoms with E-state index >= 15 is 0 Å². The van der Waals surface area contributed by atoms with Crippen LogP contribution in [0.4, 0.5) is 0 Å². The summed E-state index contributed by atoms with van der Waals surface area (Å²) in [5, 5.41) is 3.41. The minimum Gasteiger partial charge on any atom is -0.374 e. The Kier molecular flexibility index (Phi) is 7.70. The van der Waals surface area contributed by atoms with Gasteiger partial charge in [-0.3, -0.25) is 0 Å². The van der Waals surface area contributed by atoms with Crippen molar-refractivity contribution in [3.05, 3.63) is 35.4 Å². The quantitative estimate of drug-likeness (QED) is 0.670. The van der Waals surface area contributed by atoms with E-state index in [2.05, 4.69) is 50.4 Å². The maximum atomic E-state index is 5.79. The molecule has 2 heteroatoms. The zero-order valence-corrected chi connectivity index (χ0v) is 12.0. The zero-order valence-electron chi connectivity index (χ0n) is 12.0. The Morgan fingerprint density at radius 3 is 2.33 bits per heavy atom. The van der Waals surface area contributed by atoms with Crippen LogP contribution in [-0.2, 0) is 17.9 Å². The summed E-state index contributed by atoms with van der Waals surface area (Å²) in [5.41, 5.74) is 2.60. The highest BCUT2D eigenvalue weighted by Crippen LogP contribution is 2.09. The van der Waals surface area contributed by atoms with E-state index in [9.17, 15) is 0 Å². The second-order valence-corrected chi connectivity index (χ2v) is 4.90. The van der Waals surface area contributed by atoms with Crippen molar-refractivity contribution in [2.75, 3.05) is 6.54 Å². The lowest BCUT2D eigenvalue weighted by molar-refractivity contribution is 0.0472. The molecule has 1 aromatic rings. The first-order valence-corrected chi connectivity index (χ1v) is 7.16. The van der Waals surface area contributed by atoms with Gasteiger partial charge in [0.05, 0.1) is 12.7 Å². The fourth-order valence-electron chi connectivity index (χ4n) is 1.89. The second-order valence-electron chi connectivity index (χ2n) is 4.90. The summed E-state index contributed by atoms with van der Waals surface area (Å²) in [6.45, 7) is 9.29. The Balaban J connectivity index is 2.31. The Hall–Kier alpha value is -0.860.